The standard InChI is InChI=1S/C11H13BrClNO.ClH/c12-7-4-5-8(13)11(15)9(7)10(14)6-2-1-3-6;/h4-6,10,15H,1-3,14H2;1H/t10-;/m1./s1. The van der Waals surface area contributed by atoms with Gasteiger partial charge in [-0.2, -0.15) is 0 Å². The summed E-state index contributed by atoms with van der Waals surface area (Å²) >= 11 is 9.27. The summed E-state index contributed by atoms with van der Waals surface area (Å²) in [5.74, 6) is 0.594. The van der Waals surface area contributed by atoms with E-state index in [4.69, 9.17) is 17.3 Å². The Kier molecular flexibility index (Phi) is 4.92. The number of phenolic OH excluding ortho intramolecular Hbond substituents is 1. The molecule has 0 saturated heterocycles. The molecule has 0 radical (unpaired) electrons. The molecule has 0 unspecified atom stereocenters. The molecule has 2 rings (SSSR count). The normalized spacial score (nSPS) is 17.4. The summed E-state index contributed by atoms with van der Waals surface area (Å²) in [6, 6.07) is 3.38. The Hall–Kier alpha value is 0.0400. The zero-order valence-electron chi connectivity index (χ0n) is 8.62. The molecular weight excluding hydrogens is 313 g/mol. The van der Waals surface area contributed by atoms with Gasteiger partial charge in [-0.05, 0) is 30.9 Å². The van der Waals surface area contributed by atoms with Crippen LogP contribution in [0.3, 0.4) is 0 Å². The lowest BCUT2D eigenvalue weighted by Crippen LogP contribution is -2.27. The molecular formula is C11H14BrCl2NO. The van der Waals surface area contributed by atoms with Crippen molar-refractivity contribution in [1.82, 2.24) is 0 Å². The van der Waals surface area contributed by atoms with Crippen molar-refractivity contribution in [3.8, 4) is 5.75 Å². The summed E-state index contributed by atoms with van der Waals surface area (Å²) in [4.78, 5) is 0. The van der Waals surface area contributed by atoms with Crippen molar-refractivity contribution in [2.45, 2.75) is 25.3 Å². The van der Waals surface area contributed by atoms with Gasteiger partial charge in [0.05, 0.1) is 5.02 Å². The number of aromatic hydroxyl groups is 1. The van der Waals surface area contributed by atoms with E-state index in [2.05, 4.69) is 15.9 Å². The molecule has 1 fully saturated rings. The monoisotopic (exact) mass is 325 g/mol. The molecule has 1 saturated carbocycles. The molecule has 1 aromatic carbocycles. The van der Waals surface area contributed by atoms with Gasteiger partial charge < -0.3 is 10.8 Å². The van der Waals surface area contributed by atoms with Gasteiger partial charge in [0.25, 0.3) is 0 Å². The Bertz CT molecular complexity index is 382. The van der Waals surface area contributed by atoms with E-state index in [1.165, 1.54) is 6.42 Å². The van der Waals surface area contributed by atoms with Crippen molar-refractivity contribution in [3.63, 3.8) is 0 Å². The third-order valence-electron chi connectivity index (χ3n) is 3.11. The lowest BCUT2D eigenvalue weighted by Gasteiger charge is -2.32. The number of rotatable bonds is 2. The molecule has 1 aromatic rings. The smallest absolute Gasteiger partial charge is 0.140 e. The topological polar surface area (TPSA) is 46.2 Å². The number of phenols is 1. The number of hydrogen-bond acceptors (Lipinski definition) is 2. The summed E-state index contributed by atoms with van der Waals surface area (Å²) in [7, 11) is 0. The predicted octanol–water partition coefficient (Wildman–Crippen LogP) is 4.03. The molecule has 0 spiro atoms. The number of hydrogen-bond donors (Lipinski definition) is 2. The highest BCUT2D eigenvalue weighted by molar-refractivity contribution is 9.10. The van der Waals surface area contributed by atoms with Crippen LogP contribution in [0.15, 0.2) is 16.6 Å². The first-order valence-corrected chi connectivity index (χ1v) is 6.21. The van der Waals surface area contributed by atoms with Crippen LogP contribution in [0, 0.1) is 5.92 Å². The molecule has 2 nitrogen and oxygen atoms in total. The van der Waals surface area contributed by atoms with Gasteiger partial charge in [0.1, 0.15) is 5.75 Å². The van der Waals surface area contributed by atoms with E-state index in [0.29, 0.717) is 10.9 Å². The minimum atomic E-state index is -0.119. The Morgan fingerprint density at radius 3 is 2.56 bits per heavy atom. The molecule has 0 amide bonds. The molecule has 16 heavy (non-hydrogen) atoms. The van der Waals surface area contributed by atoms with E-state index in [1.807, 2.05) is 6.07 Å². The Balaban J connectivity index is 0.00000128. The summed E-state index contributed by atoms with van der Waals surface area (Å²) in [6.07, 6.45) is 3.51. The Labute approximate surface area is 115 Å². The minimum absolute atomic E-state index is 0. The molecule has 5 heteroatoms. The summed E-state index contributed by atoms with van der Waals surface area (Å²) in [5, 5.41) is 10.2. The van der Waals surface area contributed by atoms with Crippen LogP contribution in [-0.2, 0) is 0 Å². The van der Waals surface area contributed by atoms with Crippen LogP contribution in [0.2, 0.25) is 5.02 Å². The zero-order chi connectivity index (χ0) is 11.0. The summed E-state index contributed by atoms with van der Waals surface area (Å²) in [5.41, 5.74) is 6.86. The van der Waals surface area contributed by atoms with E-state index in [1.54, 1.807) is 6.07 Å². The molecule has 1 atom stereocenters. The maximum absolute atomic E-state index is 9.88. The third kappa shape index (κ3) is 2.48. The van der Waals surface area contributed by atoms with Crippen LogP contribution in [0.4, 0.5) is 0 Å². The second-order valence-electron chi connectivity index (χ2n) is 4.01. The lowest BCUT2D eigenvalue weighted by molar-refractivity contribution is 0.260. The molecule has 0 aliphatic heterocycles. The van der Waals surface area contributed by atoms with Gasteiger partial charge in [-0.1, -0.05) is 34.0 Å². The summed E-state index contributed by atoms with van der Waals surface area (Å²) in [6.45, 7) is 0. The average molecular weight is 327 g/mol. The average Bonchev–Trinajstić information content (AvgIpc) is 2.09. The number of halogens is 3. The maximum atomic E-state index is 9.88. The van der Waals surface area contributed by atoms with Gasteiger partial charge in [-0.25, -0.2) is 0 Å². The van der Waals surface area contributed by atoms with Crippen LogP contribution in [0.5, 0.6) is 5.75 Å². The molecule has 0 heterocycles. The first-order chi connectivity index (χ1) is 7.11. The van der Waals surface area contributed by atoms with Gasteiger partial charge in [-0.15, -0.1) is 12.4 Å². The van der Waals surface area contributed by atoms with E-state index < -0.39 is 0 Å². The second kappa shape index (κ2) is 5.58. The molecule has 3 N–H and O–H groups in total. The van der Waals surface area contributed by atoms with Gasteiger partial charge in [-0.3, -0.25) is 0 Å². The lowest BCUT2D eigenvalue weighted by atomic mass is 9.77. The van der Waals surface area contributed by atoms with Crippen molar-refractivity contribution >= 4 is 39.9 Å². The van der Waals surface area contributed by atoms with Crippen molar-refractivity contribution in [1.29, 1.82) is 0 Å². The van der Waals surface area contributed by atoms with E-state index in [-0.39, 0.29) is 24.2 Å². The first kappa shape index (κ1) is 14.1. The van der Waals surface area contributed by atoms with Crippen molar-refractivity contribution in [2.75, 3.05) is 0 Å². The Morgan fingerprint density at radius 2 is 2.06 bits per heavy atom. The number of nitrogens with two attached hydrogens (primary N) is 1. The highest BCUT2D eigenvalue weighted by Crippen LogP contribution is 2.43. The first-order valence-electron chi connectivity index (χ1n) is 5.03. The largest absolute Gasteiger partial charge is 0.506 e. The van der Waals surface area contributed by atoms with Gasteiger partial charge in [0, 0.05) is 16.1 Å². The third-order valence-corrected chi connectivity index (χ3v) is 4.10. The SMILES string of the molecule is Cl.N[C@@H](c1c(Br)ccc(Cl)c1O)C1CCC1. The fourth-order valence-electron chi connectivity index (χ4n) is 1.91. The molecule has 1 aliphatic carbocycles. The van der Waals surface area contributed by atoms with Crippen LogP contribution in [-0.4, -0.2) is 5.11 Å². The highest BCUT2D eigenvalue weighted by atomic mass is 79.9. The van der Waals surface area contributed by atoms with Crippen molar-refractivity contribution < 1.29 is 5.11 Å². The molecule has 0 aromatic heterocycles. The van der Waals surface area contributed by atoms with Crippen LogP contribution < -0.4 is 5.73 Å². The minimum Gasteiger partial charge on any atom is -0.506 e. The zero-order valence-corrected chi connectivity index (χ0v) is 11.8. The quantitative estimate of drug-likeness (QED) is 0.861. The van der Waals surface area contributed by atoms with Crippen molar-refractivity contribution in [3.05, 3.63) is 27.2 Å². The van der Waals surface area contributed by atoms with Crippen molar-refractivity contribution in [2.24, 2.45) is 11.7 Å². The van der Waals surface area contributed by atoms with E-state index in [0.717, 1.165) is 22.9 Å². The molecule has 1 aliphatic rings. The highest BCUT2D eigenvalue weighted by Gasteiger charge is 2.29. The van der Waals surface area contributed by atoms with Gasteiger partial charge in [0.2, 0.25) is 0 Å². The van der Waals surface area contributed by atoms with Crippen LogP contribution in [0.1, 0.15) is 30.9 Å². The Morgan fingerprint density at radius 1 is 1.44 bits per heavy atom. The van der Waals surface area contributed by atoms with E-state index in [9.17, 15) is 5.11 Å². The fraction of sp³-hybridized carbons (Fsp3) is 0.455. The van der Waals surface area contributed by atoms with Gasteiger partial charge in [0.15, 0.2) is 0 Å². The fourth-order valence-corrected chi connectivity index (χ4v) is 2.66. The van der Waals surface area contributed by atoms with Crippen LogP contribution >= 0.6 is 39.9 Å². The van der Waals surface area contributed by atoms with Gasteiger partial charge >= 0.3 is 0 Å². The summed E-state index contributed by atoms with van der Waals surface area (Å²) < 4.78 is 0.837. The van der Waals surface area contributed by atoms with E-state index >= 15 is 0 Å². The predicted molar refractivity (Wildman–Crippen MR) is 72.3 cm³/mol. The van der Waals surface area contributed by atoms with Crippen LogP contribution in [0.25, 0.3) is 0 Å². The molecule has 0 bridgehead atoms. The maximum Gasteiger partial charge on any atom is 0.140 e. The second-order valence-corrected chi connectivity index (χ2v) is 5.27. The number of benzene rings is 1. The molecule has 90 valence electrons.